The van der Waals surface area contributed by atoms with Gasteiger partial charge in [0.25, 0.3) is 5.19 Å². The van der Waals surface area contributed by atoms with Gasteiger partial charge in [-0.2, -0.15) is 0 Å². The molecule has 180 valence electrons. The van der Waals surface area contributed by atoms with Crippen molar-refractivity contribution in [2.75, 3.05) is 17.7 Å². The number of benzene rings is 1. The maximum Gasteiger partial charge on any atom is 0.294 e. The fourth-order valence-corrected chi connectivity index (χ4v) is 5.04. The molecule has 1 aromatic carbocycles. The molecule has 0 bridgehead atoms. The van der Waals surface area contributed by atoms with Gasteiger partial charge in [-0.3, -0.25) is 0 Å². The smallest absolute Gasteiger partial charge is 0.294 e. The topological polar surface area (TPSA) is 103 Å². The van der Waals surface area contributed by atoms with Crippen molar-refractivity contribution < 1.29 is 13.2 Å². The molecule has 4 aromatic rings. The SMILES string of the molecule is CCc1cnc(N2C=CC([C@@H](C)Oc3nn4cc(-c5ccc(S(C)(=O)=O)cc5)nc4s3)=CC2)nc1. The largest absolute Gasteiger partial charge is 0.461 e. The van der Waals surface area contributed by atoms with Crippen LogP contribution in [0, 0.1) is 0 Å². The number of rotatable bonds is 7. The number of anilines is 1. The van der Waals surface area contributed by atoms with Crippen LogP contribution in [0.3, 0.4) is 0 Å². The molecule has 0 saturated heterocycles. The number of imidazole rings is 1. The molecule has 3 aromatic heterocycles. The van der Waals surface area contributed by atoms with Crippen LogP contribution in [0.1, 0.15) is 19.4 Å². The highest BCUT2D eigenvalue weighted by Gasteiger charge is 2.18. The lowest BCUT2D eigenvalue weighted by molar-refractivity contribution is 0.256. The van der Waals surface area contributed by atoms with Crippen LogP contribution in [0.15, 0.2) is 71.7 Å². The van der Waals surface area contributed by atoms with Gasteiger partial charge >= 0.3 is 0 Å². The summed E-state index contributed by atoms with van der Waals surface area (Å²) in [6.45, 7) is 4.72. The second-order valence-electron chi connectivity index (χ2n) is 8.19. The Hall–Kier alpha value is -3.57. The third kappa shape index (κ3) is 4.96. The monoisotopic (exact) mass is 508 g/mol. The standard InChI is InChI=1S/C24H24N6O3S2/c1-4-17-13-25-22(26-14-17)29-11-9-18(10-12-29)16(2)33-24-28-30-15-21(27-23(30)34-24)19-5-7-20(8-6-19)35(3,31)32/h5-11,13-16H,4,12H2,1-3H3/t16-/m1/s1. The molecule has 0 aliphatic carbocycles. The van der Waals surface area contributed by atoms with E-state index in [0.717, 1.165) is 28.8 Å². The Labute approximate surface area is 207 Å². The van der Waals surface area contributed by atoms with E-state index in [2.05, 4.69) is 33.1 Å². The number of fused-ring (bicyclic) bond motifs is 1. The van der Waals surface area contributed by atoms with Crippen molar-refractivity contribution in [3.05, 3.63) is 72.3 Å². The highest BCUT2D eigenvalue weighted by Crippen LogP contribution is 2.28. The van der Waals surface area contributed by atoms with Crippen LogP contribution in [0.5, 0.6) is 5.19 Å². The van der Waals surface area contributed by atoms with Crippen molar-refractivity contribution in [2.45, 2.75) is 31.3 Å². The minimum absolute atomic E-state index is 0.185. The summed E-state index contributed by atoms with van der Waals surface area (Å²) in [4.78, 5) is 16.4. The molecule has 0 unspecified atom stereocenters. The first-order valence-electron chi connectivity index (χ1n) is 11.1. The highest BCUT2D eigenvalue weighted by molar-refractivity contribution is 7.90. The van der Waals surface area contributed by atoms with Crippen LogP contribution in [-0.4, -0.2) is 51.9 Å². The maximum atomic E-state index is 11.7. The van der Waals surface area contributed by atoms with E-state index in [1.807, 2.05) is 36.5 Å². The Balaban J connectivity index is 1.24. The first-order chi connectivity index (χ1) is 16.8. The molecule has 5 rings (SSSR count). The average Bonchev–Trinajstić information content (AvgIpc) is 3.42. The summed E-state index contributed by atoms with van der Waals surface area (Å²) in [5.74, 6) is 0.672. The van der Waals surface area contributed by atoms with E-state index in [1.54, 1.807) is 35.0 Å². The Morgan fingerprint density at radius 3 is 2.51 bits per heavy atom. The lowest BCUT2D eigenvalue weighted by Gasteiger charge is -2.23. The zero-order valence-electron chi connectivity index (χ0n) is 19.5. The zero-order valence-corrected chi connectivity index (χ0v) is 21.1. The Bertz CT molecular complexity index is 1490. The number of hydrogen-bond donors (Lipinski definition) is 0. The summed E-state index contributed by atoms with van der Waals surface area (Å²) >= 11 is 1.35. The van der Waals surface area contributed by atoms with Gasteiger partial charge in [-0.25, -0.2) is 27.9 Å². The van der Waals surface area contributed by atoms with Gasteiger partial charge < -0.3 is 9.64 Å². The summed E-state index contributed by atoms with van der Waals surface area (Å²) in [5, 5.41) is 5.02. The zero-order chi connectivity index (χ0) is 24.6. The van der Waals surface area contributed by atoms with E-state index in [-0.39, 0.29) is 11.0 Å². The summed E-state index contributed by atoms with van der Waals surface area (Å²) in [6.07, 6.45) is 13.5. The molecule has 9 nitrogen and oxygen atoms in total. The van der Waals surface area contributed by atoms with Crippen LogP contribution in [-0.2, 0) is 16.3 Å². The van der Waals surface area contributed by atoms with Gasteiger partial charge in [0.1, 0.15) is 6.10 Å². The van der Waals surface area contributed by atoms with E-state index >= 15 is 0 Å². The molecule has 1 atom stereocenters. The lowest BCUT2D eigenvalue weighted by Crippen LogP contribution is -2.24. The molecule has 0 fully saturated rings. The maximum absolute atomic E-state index is 11.7. The second kappa shape index (κ2) is 9.23. The number of hydrogen-bond acceptors (Lipinski definition) is 9. The van der Waals surface area contributed by atoms with E-state index in [1.165, 1.54) is 17.6 Å². The number of ether oxygens (including phenoxy) is 1. The van der Waals surface area contributed by atoms with Crippen molar-refractivity contribution in [3.63, 3.8) is 0 Å². The molecule has 1 aliphatic heterocycles. The molecule has 0 amide bonds. The predicted molar refractivity (Wildman–Crippen MR) is 135 cm³/mol. The van der Waals surface area contributed by atoms with Gasteiger partial charge in [0.2, 0.25) is 10.9 Å². The molecule has 4 heterocycles. The molecule has 0 N–H and O–H groups in total. The number of aryl methyl sites for hydroxylation is 1. The van der Waals surface area contributed by atoms with Crippen molar-refractivity contribution in [3.8, 4) is 16.5 Å². The minimum atomic E-state index is -3.23. The predicted octanol–water partition coefficient (Wildman–Crippen LogP) is 3.94. The summed E-state index contributed by atoms with van der Waals surface area (Å²) in [5.41, 5.74) is 3.70. The number of nitrogens with zero attached hydrogens (tertiary/aromatic N) is 6. The van der Waals surface area contributed by atoms with Crippen LogP contribution in [0.25, 0.3) is 16.2 Å². The van der Waals surface area contributed by atoms with E-state index < -0.39 is 9.84 Å². The fraction of sp³-hybridized carbons (Fsp3) is 0.250. The van der Waals surface area contributed by atoms with Crippen LogP contribution in [0.2, 0.25) is 0 Å². The van der Waals surface area contributed by atoms with Crippen LogP contribution >= 0.6 is 11.3 Å². The van der Waals surface area contributed by atoms with Crippen molar-refractivity contribution in [1.29, 1.82) is 0 Å². The molecule has 0 spiro atoms. The van der Waals surface area contributed by atoms with Gasteiger partial charge in [0.15, 0.2) is 9.84 Å². The van der Waals surface area contributed by atoms with E-state index in [0.29, 0.717) is 22.6 Å². The van der Waals surface area contributed by atoms with E-state index in [4.69, 9.17) is 4.74 Å². The van der Waals surface area contributed by atoms with Crippen LogP contribution in [0.4, 0.5) is 5.95 Å². The molecule has 35 heavy (non-hydrogen) atoms. The third-order valence-electron chi connectivity index (χ3n) is 5.68. The fourth-order valence-electron chi connectivity index (χ4n) is 3.60. The van der Waals surface area contributed by atoms with Gasteiger partial charge in [0, 0.05) is 37.0 Å². The molecule has 0 radical (unpaired) electrons. The number of sulfone groups is 1. The van der Waals surface area contributed by atoms with Gasteiger partial charge in [0.05, 0.1) is 16.8 Å². The van der Waals surface area contributed by atoms with Gasteiger partial charge in [-0.1, -0.05) is 25.1 Å². The van der Waals surface area contributed by atoms with Crippen molar-refractivity contribution >= 4 is 32.1 Å². The highest BCUT2D eigenvalue weighted by atomic mass is 32.2. The molecule has 0 saturated carbocycles. The molecular formula is C24H24N6O3S2. The number of aromatic nitrogens is 5. The van der Waals surface area contributed by atoms with Gasteiger partial charge in [-0.05, 0) is 54.0 Å². The Morgan fingerprint density at radius 1 is 1.17 bits per heavy atom. The Kier molecular flexibility index (Phi) is 6.12. The summed E-state index contributed by atoms with van der Waals surface area (Å²) < 4.78 is 31.1. The first-order valence-corrected chi connectivity index (χ1v) is 13.8. The summed E-state index contributed by atoms with van der Waals surface area (Å²) in [6, 6.07) is 6.66. The van der Waals surface area contributed by atoms with Gasteiger partial charge in [-0.15, -0.1) is 5.10 Å². The first kappa shape index (κ1) is 23.2. The second-order valence-corrected chi connectivity index (χ2v) is 11.1. The molecule has 1 aliphatic rings. The van der Waals surface area contributed by atoms with Crippen molar-refractivity contribution in [2.24, 2.45) is 0 Å². The van der Waals surface area contributed by atoms with Crippen molar-refractivity contribution in [1.82, 2.24) is 24.6 Å². The van der Waals surface area contributed by atoms with Crippen LogP contribution < -0.4 is 9.64 Å². The quantitative estimate of drug-likeness (QED) is 0.370. The third-order valence-corrected chi connectivity index (χ3v) is 7.62. The average molecular weight is 509 g/mol. The van der Waals surface area contributed by atoms with E-state index in [9.17, 15) is 8.42 Å². The normalized spacial score (nSPS) is 14.8. The summed E-state index contributed by atoms with van der Waals surface area (Å²) in [7, 11) is -3.23. The molecule has 11 heteroatoms. The lowest BCUT2D eigenvalue weighted by atomic mass is 10.1. The Morgan fingerprint density at radius 2 is 1.91 bits per heavy atom. The minimum Gasteiger partial charge on any atom is -0.461 e. The molecular weight excluding hydrogens is 484 g/mol.